The molecule has 0 amide bonds. The fourth-order valence-corrected chi connectivity index (χ4v) is 2.60. The summed E-state index contributed by atoms with van der Waals surface area (Å²) in [5, 5.41) is 34.0. The highest BCUT2D eigenvalue weighted by molar-refractivity contribution is 6.12. The standard InChI is InChI=1S/C19H19N7O.C2H6/c1-11(20)17-14(18(22)27-12(2)21)10-16(15-8-9-23-26-15)25-19(17)24-13-6-4-3-5-7-13;1-2/h3-10,20-22H,1-2H3,(H,23,26)(H,24,25);1-2H3. The van der Waals surface area contributed by atoms with E-state index >= 15 is 0 Å². The number of hydrogen-bond donors (Lipinski definition) is 5. The Bertz CT molecular complexity index is 995. The molecule has 1 aromatic carbocycles. The summed E-state index contributed by atoms with van der Waals surface area (Å²) in [5.41, 5.74) is 3.04. The molecule has 0 aliphatic rings. The van der Waals surface area contributed by atoms with Gasteiger partial charge in [0.2, 0.25) is 5.90 Å². The number of benzene rings is 1. The van der Waals surface area contributed by atoms with E-state index < -0.39 is 0 Å². The third-order valence-electron chi connectivity index (χ3n) is 3.71. The number of aromatic amines is 1. The molecular formula is C21H25N7O. The first-order chi connectivity index (χ1) is 14.0. The molecule has 8 nitrogen and oxygen atoms in total. The molecule has 5 N–H and O–H groups in total. The summed E-state index contributed by atoms with van der Waals surface area (Å²) < 4.78 is 5.19. The molecular weight excluding hydrogens is 366 g/mol. The summed E-state index contributed by atoms with van der Waals surface area (Å²) in [6.07, 6.45) is 1.61. The average Bonchev–Trinajstić information content (AvgIpc) is 3.24. The lowest BCUT2D eigenvalue weighted by molar-refractivity contribution is 0.532. The smallest absolute Gasteiger partial charge is 0.221 e. The van der Waals surface area contributed by atoms with Gasteiger partial charge < -0.3 is 15.5 Å². The van der Waals surface area contributed by atoms with Gasteiger partial charge in [0, 0.05) is 24.5 Å². The first-order valence-corrected chi connectivity index (χ1v) is 9.20. The van der Waals surface area contributed by atoms with Gasteiger partial charge in [-0.2, -0.15) is 5.10 Å². The van der Waals surface area contributed by atoms with Crippen molar-refractivity contribution in [3.8, 4) is 11.4 Å². The van der Waals surface area contributed by atoms with Crippen molar-refractivity contribution in [2.24, 2.45) is 0 Å². The summed E-state index contributed by atoms with van der Waals surface area (Å²) in [7, 11) is 0. The van der Waals surface area contributed by atoms with Gasteiger partial charge in [0.25, 0.3) is 0 Å². The highest BCUT2D eigenvalue weighted by Crippen LogP contribution is 2.28. The topological polar surface area (TPSA) is 134 Å². The number of H-pyrrole nitrogens is 1. The average molecular weight is 391 g/mol. The molecule has 0 atom stereocenters. The zero-order valence-electron chi connectivity index (χ0n) is 16.9. The molecule has 2 aromatic heterocycles. The lowest BCUT2D eigenvalue weighted by Crippen LogP contribution is -2.16. The second-order valence-corrected chi connectivity index (χ2v) is 5.85. The van der Waals surface area contributed by atoms with E-state index in [1.165, 1.54) is 6.92 Å². The molecule has 8 heteroatoms. The van der Waals surface area contributed by atoms with E-state index in [4.69, 9.17) is 21.0 Å². The SMILES string of the molecule is CC.CC(=N)OC(=N)c1cc(-c2ccn[nH]2)nc(Nc2ccccc2)c1C(C)=N. The van der Waals surface area contributed by atoms with Gasteiger partial charge in [0.05, 0.1) is 22.5 Å². The zero-order valence-corrected chi connectivity index (χ0v) is 16.9. The van der Waals surface area contributed by atoms with Crippen LogP contribution in [0.3, 0.4) is 0 Å². The van der Waals surface area contributed by atoms with Crippen LogP contribution in [0.1, 0.15) is 38.8 Å². The van der Waals surface area contributed by atoms with Crippen LogP contribution >= 0.6 is 0 Å². The third kappa shape index (κ3) is 5.35. The molecule has 0 aliphatic heterocycles. The maximum atomic E-state index is 8.25. The molecule has 0 radical (unpaired) electrons. The van der Waals surface area contributed by atoms with Gasteiger partial charge in [-0.05, 0) is 31.2 Å². The van der Waals surface area contributed by atoms with Gasteiger partial charge in [-0.25, -0.2) is 4.98 Å². The molecule has 0 spiro atoms. The van der Waals surface area contributed by atoms with Crippen molar-refractivity contribution in [1.29, 1.82) is 16.2 Å². The quantitative estimate of drug-likeness (QED) is 0.310. The van der Waals surface area contributed by atoms with Crippen molar-refractivity contribution < 1.29 is 4.74 Å². The maximum absolute atomic E-state index is 8.25. The van der Waals surface area contributed by atoms with Gasteiger partial charge in [0.1, 0.15) is 5.82 Å². The Balaban J connectivity index is 0.00000145. The number of nitrogens with one attached hydrogen (secondary N) is 5. The van der Waals surface area contributed by atoms with Gasteiger partial charge in [-0.1, -0.05) is 32.0 Å². The van der Waals surface area contributed by atoms with Gasteiger partial charge in [0.15, 0.2) is 5.90 Å². The highest BCUT2D eigenvalue weighted by Gasteiger charge is 2.20. The number of hydrogen-bond acceptors (Lipinski definition) is 7. The number of pyridine rings is 1. The second-order valence-electron chi connectivity index (χ2n) is 5.85. The number of para-hydroxylation sites is 1. The molecule has 0 saturated heterocycles. The Labute approximate surface area is 169 Å². The van der Waals surface area contributed by atoms with Crippen LogP contribution < -0.4 is 5.32 Å². The fraction of sp³-hybridized carbons (Fsp3) is 0.190. The van der Waals surface area contributed by atoms with Crippen molar-refractivity contribution >= 4 is 29.0 Å². The third-order valence-corrected chi connectivity index (χ3v) is 3.71. The van der Waals surface area contributed by atoms with Crippen molar-refractivity contribution in [1.82, 2.24) is 15.2 Å². The monoisotopic (exact) mass is 391 g/mol. The Morgan fingerprint density at radius 1 is 1.03 bits per heavy atom. The zero-order chi connectivity index (χ0) is 21.4. The van der Waals surface area contributed by atoms with Crippen LogP contribution in [-0.2, 0) is 4.74 Å². The van der Waals surface area contributed by atoms with Gasteiger partial charge >= 0.3 is 0 Å². The molecule has 0 unspecified atom stereocenters. The Hall–Kier alpha value is -3.81. The second kappa shape index (κ2) is 9.93. The van der Waals surface area contributed by atoms with Crippen LogP contribution in [0.15, 0.2) is 48.7 Å². The van der Waals surface area contributed by atoms with Gasteiger partial charge in [-0.15, -0.1) is 0 Å². The molecule has 3 rings (SSSR count). The van der Waals surface area contributed by atoms with Crippen molar-refractivity contribution in [2.75, 3.05) is 5.32 Å². The number of aromatic nitrogens is 3. The molecule has 2 heterocycles. The molecule has 0 aliphatic carbocycles. The minimum absolute atomic E-state index is 0.106. The number of anilines is 2. The van der Waals surface area contributed by atoms with E-state index in [2.05, 4.69) is 20.5 Å². The first kappa shape index (κ1) is 21.5. The van der Waals surface area contributed by atoms with E-state index in [1.807, 2.05) is 44.2 Å². The number of nitrogens with zero attached hydrogens (tertiary/aromatic N) is 2. The van der Waals surface area contributed by atoms with Crippen LogP contribution in [0, 0.1) is 16.2 Å². The molecule has 29 heavy (non-hydrogen) atoms. The predicted octanol–water partition coefficient (Wildman–Crippen LogP) is 4.97. The van der Waals surface area contributed by atoms with Crippen molar-refractivity contribution in [3.63, 3.8) is 0 Å². The van der Waals surface area contributed by atoms with Crippen molar-refractivity contribution in [2.45, 2.75) is 27.7 Å². The summed E-state index contributed by atoms with van der Waals surface area (Å²) in [6, 6.07) is 12.9. The lowest BCUT2D eigenvalue weighted by atomic mass is 10.0. The molecule has 0 fully saturated rings. The molecule has 150 valence electrons. The van der Waals surface area contributed by atoms with Gasteiger partial charge in [-0.3, -0.25) is 15.9 Å². The molecule has 3 aromatic rings. The Morgan fingerprint density at radius 2 is 1.72 bits per heavy atom. The Kier molecular flexibility index (Phi) is 7.36. The van der Waals surface area contributed by atoms with E-state index in [1.54, 1.807) is 25.3 Å². The van der Waals surface area contributed by atoms with Crippen LogP contribution in [-0.4, -0.2) is 32.7 Å². The molecule has 0 bridgehead atoms. The van der Waals surface area contributed by atoms with Crippen LogP contribution in [0.5, 0.6) is 0 Å². The normalized spacial score (nSPS) is 9.79. The number of ether oxygens (including phenoxy) is 1. The lowest BCUT2D eigenvalue weighted by Gasteiger charge is -2.17. The van der Waals surface area contributed by atoms with Crippen LogP contribution in [0.25, 0.3) is 11.4 Å². The summed E-state index contributed by atoms with van der Waals surface area (Å²) >= 11 is 0. The minimum atomic E-state index is -0.219. The summed E-state index contributed by atoms with van der Waals surface area (Å²) in [5.74, 6) is 0.0983. The van der Waals surface area contributed by atoms with E-state index in [-0.39, 0.29) is 17.5 Å². The Morgan fingerprint density at radius 3 is 2.28 bits per heavy atom. The summed E-state index contributed by atoms with van der Waals surface area (Å²) in [4.78, 5) is 4.62. The fourth-order valence-electron chi connectivity index (χ4n) is 2.60. The number of rotatable bonds is 5. The highest BCUT2D eigenvalue weighted by atomic mass is 16.5. The van der Waals surface area contributed by atoms with Crippen molar-refractivity contribution in [3.05, 3.63) is 59.8 Å². The molecule has 0 saturated carbocycles. The van der Waals surface area contributed by atoms with Crippen LogP contribution in [0.4, 0.5) is 11.5 Å². The first-order valence-electron chi connectivity index (χ1n) is 9.20. The minimum Gasteiger partial charge on any atom is -0.426 e. The van der Waals surface area contributed by atoms with E-state index in [0.717, 1.165) is 5.69 Å². The van der Waals surface area contributed by atoms with E-state index in [0.29, 0.717) is 28.3 Å². The summed E-state index contributed by atoms with van der Waals surface area (Å²) in [6.45, 7) is 7.07. The maximum Gasteiger partial charge on any atom is 0.221 e. The van der Waals surface area contributed by atoms with Crippen LogP contribution in [0.2, 0.25) is 0 Å². The predicted molar refractivity (Wildman–Crippen MR) is 117 cm³/mol. The van der Waals surface area contributed by atoms with E-state index in [9.17, 15) is 0 Å². The largest absolute Gasteiger partial charge is 0.426 e.